The van der Waals surface area contributed by atoms with Crippen LogP contribution < -0.4 is 24.4 Å². The van der Waals surface area contributed by atoms with Crippen molar-refractivity contribution in [2.45, 2.75) is 55.7 Å². The van der Waals surface area contributed by atoms with E-state index >= 15 is 0 Å². The Balaban J connectivity index is 1.00. The molecular formula is C35H48N12O7S. The van der Waals surface area contributed by atoms with Crippen LogP contribution in [0.15, 0.2) is 41.8 Å². The van der Waals surface area contributed by atoms with Crippen LogP contribution in [0.3, 0.4) is 0 Å². The van der Waals surface area contributed by atoms with Gasteiger partial charge in [-0.05, 0) is 50.6 Å². The number of likely N-dealkylation sites (N-methyl/N-ethyl adjacent to an activating group) is 1. The maximum absolute atomic E-state index is 13.6. The maximum atomic E-state index is 13.6. The number of hydrogen-bond donors (Lipinski definition) is 2. The first-order chi connectivity index (χ1) is 26.5. The molecule has 0 radical (unpaired) electrons. The van der Waals surface area contributed by atoms with E-state index in [-0.39, 0.29) is 23.0 Å². The van der Waals surface area contributed by atoms with E-state index in [9.17, 15) is 18.5 Å². The fourth-order valence-electron chi connectivity index (χ4n) is 7.09. The van der Waals surface area contributed by atoms with Gasteiger partial charge < -0.3 is 39.4 Å². The minimum absolute atomic E-state index is 0.0892. The van der Waals surface area contributed by atoms with Crippen molar-refractivity contribution in [3.05, 3.63) is 52.7 Å². The van der Waals surface area contributed by atoms with E-state index < -0.39 is 21.0 Å². The number of anilines is 2. The molecule has 55 heavy (non-hydrogen) atoms. The Morgan fingerprint density at radius 1 is 0.964 bits per heavy atom. The molecule has 6 heterocycles. The summed E-state index contributed by atoms with van der Waals surface area (Å²) >= 11 is 0. The average Bonchev–Trinajstić information content (AvgIpc) is 3.58. The summed E-state index contributed by atoms with van der Waals surface area (Å²) in [5.74, 6) is 1.79. The third kappa shape index (κ3) is 9.38. The van der Waals surface area contributed by atoms with E-state index in [1.54, 1.807) is 19.3 Å². The molecule has 19 nitrogen and oxygen atoms in total. The zero-order valence-electron chi connectivity index (χ0n) is 31.3. The molecule has 4 aromatic heterocycles. The molecule has 4 aromatic rings. The number of nitrogens with one attached hydrogen (secondary N) is 2. The van der Waals surface area contributed by atoms with Crippen LogP contribution >= 0.6 is 0 Å². The van der Waals surface area contributed by atoms with Gasteiger partial charge in [0.15, 0.2) is 5.75 Å². The number of morpholine rings is 1. The summed E-state index contributed by atoms with van der Waals surface area (Å²) in [6.45, 7) is 9.74. The number of sulfonamides is 1. The summed E-state index contributed by atoms with van der Waals surface area (Å²) in [7, 11) is -0.515. The highest BCUT2D eigenvalue weighted by atomic mass is 32.2. The lowest BCUT2D eigenvalue weighted by Crippen LogP contribution is -2.45. The van der Waals surface area contributed by atoms with Crippen LogP contribution in [-0.4, -0.2) is 137 Å². The van der Waals surface area contributed by atoms with Crippen LogP contribution in [0.2, 0.25) is 0 Å². The number of aromatic nitrogens is 6. The topological polar surface area (TPSA) is 208 Å². The average molecular weight is 781 g/mol. The number of piperazine rings is 1. The number of ether oxygens (including phenoxy) is 3. The third-order valence-electron chi connectivity index (χ3n) is 10.4. The van der Waals surface area contributed by atoms with Crippen molar-refractivity contribution in [2.75, 3.05) is 82.9 Å². The van der Waals surface area contributed by atoms with Gasteiger partial charge in [0.05, 0.1) is 49.6 Å². The summed E-state index contributed by atoms with van der Waals surface area (Å²) < 4.78 is 49.1. The van der Waals surface area contributed by atoms with Crippen LogP contribution in [0.5, 0.6) is 11.6 Å². The molecule has 1 saturated carbocycles. The predicted octanol–water partition coefficient (Wildman–Crippen LogP) is 2.37. The van der Waals surface area contributed by atoms with Gasteiger partial charge in [0, 0.05) is 64.1 Å². The molecular weight excluding hydrogens is 733 g/mol. The van der Waals surface area contributed by atoms with Crippen molar-refractivity contribution in [3.8, 4) is 11.6 Å². The lowest BCUT2D eigenvalue weighted by atomic mass is 9.93. The molecule has 0 aromatic carbocycles. The fraction of sp³-hybridized carbons (Fsp3) is 0.571. The summed E-state index contributed by atoms with van der Waals surface area (Å²) in [6, 6.07) is 2.68. The number of nitro groups is 1. The molecule has 0 bridgehead atoms. The molecule has 296 valence electrons. The Morgan fingerprint density at radius 3 is 2.38 bits per heavy atom. The Bertz CT molecular complexity index is 2050. The normalized spacial score (nSPS) is 20.7. The molecule has 2 aliphatic heterocycles. The van der Waals surface area contributed by atoms with E-state index in [1.807, 2.05) is 6.07 Å². The molecule has 1 aliphatic carbocycles. The first kappa shape index (κ1) is 38.5. The molecule has 20 heteroatoms. The Hall–Kier alpha value is -4.76. The molecule has 7 rings (SSSR count). The SMILES string of the molecule is CC(NS(=O)(=O)c1cnc2cc(N3CCOCC3)nc(OC3CCC(Nc4ncc(OCCN5CCN(C)CC5)cn4)CC3)c2c1)c1cnc([N+](=O)[O-])n1C. The first-order valence-corrected chi connectivity index (χ1v) is 20.1. The molecule has 3 fully saturated rings. The monoisotopic (exact) mass is 780 g/mol. The molecule has 0 spiro atoms. The molecule has 1 unspecified atom stereocenters. The first-order valence-electron chi connectivity index (χ1n) is 18.6. The summed E-state index contributed by atoms with van der Waals surface area (Å²) in [5.41, 5.74) is 0.875. The van der Waals surface area contributed by atoms with Gasteiger partial charge in [-0.2, -0.15) is 4.98 Å². The predicted molar refractivity (Wildman–Crippen MR) is 203 cm³/mol. The Morgan fingerprint density at radius 2 is 1.69 bits per heavy atom. The maximum Gasteiger partial charge on any atom is 0.434 e. The van der Waals surface area contributed by atoms with E-state index in [4.69, 9.17) is 19.2 Å². The van der Waals surface area contributed by atoms with Gasteiger partial charge in [-0.1, -0.05) is 4.98 Å². The molecule has 1 atom stereocenters. The number of fused-ring (bicyclic) bond motifs is 1. The van der Waals surface area contributed by atoms with Gasteiger partial charge in [0.2, 0.25) is 21.9 Å². The Kier molecular flexibility index (Phi) is 11.9. The summed E-state index contributed by atoms with van der Waals surface area (Å²) in [4.78, 5) is 39.6. The number of rotatable bonds is 14. The smallest absolute Gasteiger partial charge is 0.434 e. The van der Waals surface area contributed by atoms with E-state index in [1.165, 1.54) is 30.1 Å². The molecule has 2 N–H and O–H groups in total. The zero-order chi connectivity index (χ0) is 38.5. The zero-order valence-corrected chi connectivity index (χ0v) is 32.2. The highest BCUT2D eigenvalue weighted by molar-refractivity contribution is 7.89. The van der Waals surface area contributed by atoms with Crippen molar-refractivity contribution < 1.29 is 27.6 Å². The number of hydrogen-bond acceptors (Lipinski definition) is 16. The van der Waals surface area contributed by atoms with E-state index in [0.29, 0.717) is 72.9 Å². The van der Waals surface area contributed by atoms with Crippen LogP contribution in [0.1, 0.15) is 44.3 Å². The van der Waals surface area contributed by atoms with Gasteiger partial charge in [0.1, 0.15) is 35.3 Å². The fourth-order valence-corrected chi connectivity index (χ4v) is 8.28. The second-order valence-electron chi connectivity index (χ2n) is 14.2. The quantitative estimate of drug-likeness (QED) is 0.139. The van der Waals surface area contributed by atoms with E-state index in [0.717, 1.165) is 58.4 Å². The molecule has 2 saturated heterocycles. The van der Waals surface area contributed by atoms with Crippen LogP contribution in [-0.2, 0) is 21.8 Å². The highest BCUT2D eigenvalue weighted by Crippen LogP contribution is 2.33. The highest BCUT2D eigenvalue weighted by Gasteiger charge is 2.29. The van der Waals surface area contributed by atoms with Crippen molar-refractivity contribution in [3.63, 3.8) is 0 Å². The molecule has 0 amide bonds. The minimum Gasteiger partial charge on any atom is -0.489 e. The van der Waals surface area contributed by atoms with Gasteiger partial charge in [0.25, 0.3) is 0 Å². The number of pyridine rings is 2. The number of nitrogens with zero attached hydrogens (tertiary/aromatic N) is 10. The Labute approximate surface area is 319 Å². The van der Waals surface area contributed by atoms with Crippen LogP contribution in [0.4, 0.5) is 17.7 Å². The lowest BCUT2D eigenvalue weighted by molar-refractivity contribution is -0.396. The molecule has 3 aliphatic rings. The minimum atomic E-state index is -4.12. The number of imidazole rings is 1. The van der Waals surface area contributed by atoms with E-state index in [2.05, 4.69) is 51.7 Å². The van der Waals surface area contributed by atoms with Crippen molar-refractivity contribution in [1.82, 2.24) is 44.0 Å². The van der Waals surface area contributed by atoms with Gasteiger partial charge >= 0.3 is 5.95 Å². The standard InChI is InChI=1S/C35H48N12O7S/c1-24(31-23-39-35(44(31)3)47(48)49)42-55(50,51)28-18-29-30(36-22-28)19-32(46-13-15-52-16-14-46)41-33(29)54-26-6-4-25(5-7-26)40-34-37-20-27(21-38-34)53-17-12-45-10-8-43(2)9-11-45/h18-26,42H,4-17H2,1-3H3,(H,37,38,40). The second-order valence-corrected chi connectivity index (χ2v) is 16.0. The van der Waals surface area contributed by atoms with Gasteiger partial charge in [-0.3, -0.25) is 9.88 Å². The van der Waals surface area contributed by atoms with Gasteiger partial charge in [-0.25, -0.2) is 27.7 Å². The van der Waals surface area contributed by atoms with Gasteiger partial charge in [-0.15, -0.1) is 0 Å². The second kappa shape index (κ2) is 16.9. The summed E-state index contributed by atoms with van der Waals surface area (Å²) in [6.07, 6.45) is 8.91. The third-order valence-corrected chi connectivity index (χ3v) is 11.9. The van der Waals surface area contributed by atoms with Crippen LogP contribution in [0.25, 0.3) is 10.9 Å². The van der Waals surface area contributed by atoms with Crippen molar-refractivity contribution in [2.24, 2.45) is 7.05 Å². The largest absolute Gasteiger partial charge is 0.489 e. The lowest BCUT2D eigenvalue weighted by Gasteiger charge is -2.32. The van der Waals surface area contributed by atoms with Crippen molar-refractivity contribution in [1.29, 1.82) is 0 Å². The summed E-state index contributed by atoms with van der Waals surface area (Å²) in [5, 5.41) is 15.2. The van der Waals surface area contributed by atoms with Crippen LogP contribution in [0, 0.1) is 10.1 Å². The van der Waals surface area contributed by atoms with Crippen molar-refractivity contribution >= 4 is 38.6 Å².